The van der Waals surface area contributed by atoms with E-state index in [0.717, 1.165) is 32.2 Å². The number of methoxy groups -OCH3 is 1. The van der Waals surface area contributed by atoms with Crippen LogP contribution in [0.4, 0.5) is 23.8 Å². The van der Waals surface area contributed by atoms with Crippen LogP contribution < -0.4 is 14.4 Å². The second-order valence-electron chi connectivity index (χ2n) is 15.6. The molecule has 4 aliphatic rings. The summed E-state index contributed by atoms with van der Waals surface area (Å²) in [5.74, 6) is -1.01. The first kappa shape index (κ1) is 35.5. The van der Waals surface area contributed by atoms with Crippen molar-refractivity contribution in [3.63, 3.8) is 0 Å². The molecule has 0 aliphatic carbocycles. The SMILES string of the molecule is COCOc1cc(F)c(C(C)C)c(-c2ncc3c(N4CC5CCC(C4)N5C(=O)OC(C)(C)C)nc(OC[C@@]45CCCN4C[C@H](F)C5)nc3c2F)c1. The lowest BCUT2D eigenvalue weighted by atomic mass is 9.93. The van der Waals surface area contributed by atoms with Crippen molar-refractivity contribution in [3.05, 3.63) is 35.5 Å². The third kappa shape index (κ3) is 6.76. The van der Waals surface area contributed by atoms with Crippen LogP contribution in [0.1, 0.15) is 78.2 Å². The van der Waals surface area contributed by atoms with Crippen molar-refractivity contribution in [2.75, 3.05) is 51.6 Å². The number of nitrogens with zero attached hydrogens (tertiary/aromatic N) is 6. The van der Waals surface area contributed by atoms with E-state index in [2.05, 4.69) is 14.9 Å². The standard InChI is InChI=1S/C37H47F3N6O5/c1-21(2)29-26(12-25(13-28(29)39)50-20-48-6)31-30(40)32-27(15-41-31)33(43-34(42-32)49-19-37-10-7-11-45(37)16-22(38)14-37)44-17-23-8-9-24(18-44)46(23)35(47)51-36(3,4)5/h12-13,15,21-24H,7-11,14,16-20H2,1-6H3/t22-,23?,24?,37+/m1/s1. The van der Waals surface area contributed by atoms with Gasteiger partial charge in [0.1, 0.15) is 47.0 Å². The number of alkyl halides is 1. The third-order valence-corrected chi connectivity index (χ3v) is 10.5. The first-order valence-electron chi connectivity index (χ1n) is 17.9. The Balaban J connectivity index is 1.30. The lowest BCUT2D eigenvalue weighted by Crippen LogP contribution is -2.57. The van der Waals surface area contributed by atoms with Gasteiger partial charge in [-0.05, 0) is 65.0 Å². The maximum absolute atomic E-state index is 17.0. The van der Waals surface area contributed by atoms with E-state index in [4.69, 9.17) is 23.9 Å². The molecule has 11 nitrogen and oxygen atoms in total. The molecule has 0 radical (unpaired) electrons. The first-order valence-corrected chi connectivity index (χ1v) is 17.9. The fraction of sp³-hybridized carbons (Fsp3) is 0.622. The number of amides is 1. The van der Waals surface area contributed by atoms with Crippen LogP contribution in [-0.2, 0) is 9.47 Å². The Morgan fingerprint density at radius 2 is 1.82 bits per heavy atom. The predicted octanol–water partition coefficient (Wildman–Crippen LogP) is 6.62. The Morgan fingerprint density at radius 3 is 2.51 bits per heavy atom. The number of carbonyl (C=O) groups excluding carboxylic acids is 1. The molecule has 6 heterocycles. The van der Waals surface area contributed by atoms with Crippen LogP contribution in [0, 0.1) is 11.6 Å². The van der Waals surface area contributed by atoms with E-state index in [1.165, 1.54) is 19.4 Å². The van der Waals surface area contributed by atoms with Crippen molar-refractivity contribution >= 4 is 22.8 Å². The molecule has 1 aromatic carbocycles. The number of carbonyl (C=O) groups is 1. The van der Waals surface area contributed by atoms with E-state index in [0.29, 0.717) is 37.3 Å². The summed E-state index contributed by atoms with van der Waals surface area (Å²) in [6, 6.07) is 2.50. The van der Waals surface area contributed by atoms with Gasteiger partial charge in [-0.1, -0.05) is 13.8 Å². The number of ether oxygens (including phenoxy) is 4. The van der Waals surface area contributed by atoms with Gasteiger partial charge < -0.3 is 23.8 Å². The van der Waals surface area contributed by atoms with Gasteiger partial charge in [0.15, 0.2) is 12.6 Å². The van der Waals surface area contributed by atoms with Gasteiger partial charge >= 0.3 is 12.1 Å². The van der Waals surface area contributed by atoms with Gasteiger partial charge in [-0.15, -0.1) is 0 Å². The number of benzene rings is 1. The molecule has 2 bridgehead atoms. The summed E-state index contributed by atoms with van der Waals surface area (Å²) in [6.45, 7) is 11.3. The molecular formula is C37H47F3N6O5. The molecular weight excluding hydrogens is 665 g/mol. The number of fused-ring (bicyclic) bond motifs is 4. The molecule has 3 aromatic rings. The lowest BCUT2D eigenvalue weighted by Gasteiger charge is -2.42. The zero-order chi connectivity index (χ0) is 36.2. The maximum atomic E-state index is 17.0. The molecule has 0 saturated carbocycles. The molecule has 1 amide bonds. The minimum absolute atomic E-state index is 0.0317. The van der Waals surface area contributed by atoms with E-state index >= 15 is 8.78 Å². The molecule has 4 fully saturated rings. The first-order chi connectivity index (χ1) is 24.3. The number of pyridine rings is 1. The van der Waals surface area contributed by atoms with Crippen molar-refractivity contribution in [3.8, 4) is 23.0 Å². The second-order valence-corrected chi connectivity index (χ2v) is 15.6. The average Bonchev–Trinajstić information content (AvgIpc) is 3.68. The molecule has 0 N–H and O–H groups in total. The van der Waals surface area contributed by atoms with Crippen LogP contribution in [0.3, 0.4) is 0 Å². The number of anilines is 1. The average molecular weight is 713 g/mol. The van der Waals surface area contributed by atoms with Crippen molar-refractivity contribution in [1.29, 1.82) is 0 Å². The van der Waals surface area contributed by atoms with E-state index in [1.54, 1.807) is 6.07 Å². The van der Waals surface area contributed by atoms with Gasteiger partial charge in [-0.25, -0.2) is 18.0 Å². The van der Waals surface area contributed by atoms with Gasteiger partial charge in [-0.3, -0.25) is 14.8 Å². The van der Waals surface area contributed by atoms with Crippen LogP contribution >= 0.6 is 0 Å². The summed E-state index contributed by atoms with van der Waals surface area (Å²) < 4.78 is 69.7. The minimum Gasteiger partial charge on any atom is -0.467 e. The summed E-state index contributed by atoms with van der Waals surface area (Å²) >= 11 is 0. The highest BCUT2D eigenvalue weighted by Gasteiger charge is 2.50. The van der Waals surface area contributed by atoms with Crippen LogP contribution in [-0.4, -0.2) is 107 Å². The molecule has 51 heavy (non-hydrogen) atoms. The Labute approximate surface area is 296 Å². The Kier molecular flexibility index (Phi) is 9.45. The normalized spacial score (nSPS) is 24.9. The molecule has 276 valence electrons. The Bertz CT molecular complexity index is 1790. The number of halogens is 3. The van der Waals surface area contributed by atoms with Gasteiger partial charge in [0, 0.05) is 56.6 Å². The van der Waals surface area contributed by atoms with Gasteiger partial charge in [0.25, 0.3) is 0 Å². The molecule has 4 saturated heterocycles. The molecule has 2 aromatic heterocycles. The molecule has 7 rings (SSSR count). The van der Waals surface area contributed by atoms with E-state index in [1.807, 2.05) is 44.4 Å². The number of hydrogen-bond acceptors (Lipinski definition) is 10. The van der Waals surface area contributed by atoms with E-state index in [9.17, 15) is 9.18 Å². The van der Waals surface area contributed by atoms with E-state index < -0.39 is 28.9 Å². The third-order valence-electron chi connectivity index (χ3n) is 10.5. The smallest absolute Gasteiger partial charge is 0.410 e. The minimum atomic E-state index is -0.941. The highest BCUT2D eigenvalue weighted by Crippen LogP contribution is 2.42. The Morgan fingerprint density at radius 1 is 1.08 bits per heavy atom. The molecule has 0 spiro atoms. The quantitative estimate of drug-likeness (QED) is 0.225. The van der Waals surface area contributed by atoms with Crippen molar-refractivity contribution in [1.82, 2.24) is 24.8 Å². The monoisotopic (exact) mass is 712 g/mol. The van der Waals surface area contributed by atoms with Crippen molar-refractivity contribution in [2.45, 2.75) is 102 Å². The van der Waals surface area contributed by atoms with E-state index in [-0.39, 0.29) is 71.6 Å². The fourth-order valence-corrected chi connectivity index (χ4v) is 8.44. The van der Waals surface area contributed by atoms with Crippen LogP contribution in [0.15, 0.2) is 18.3 Å². The molecule has 4 aliphatic heterocycles. The topological polar surface area (TPSA) is 102 Å². The molecule has 14 heteroatoms. The summed E-state index contributed by atoms with van der Waals surface area (Å²) in [4.78, 5) is 33.2. The predicted molar refractivity (Wildman–Crippen MR) is 185 cm³/mol. The Hall–Kier alpha value is -3.91. The van der Waals surface area contributed by atoms with Crippen LogP contribution in [0.2, 0.25) is 0 Å². The fourth-order valence-electron chi connectivity index (χ4n) is 8.44. The molecule has 2 unspecified atom stereocenters. The number of rotatable bonds is 9. The van der Waals surface area contributed by atoms with Crippen LogP contribution in [0.25, 0.3) is 22.2 Å². The number of aromatic nitrogens is 3. The zero-order valence-electron chi connectivity index (χ0n) is 30.2. The highest BCUT2D eigenvalue weighted by molar-refractivity contribution is 5.92. The van der Waals surface area contributed by atoms with Gasteiger partial charge in [0.2, 0.25) is 0 Å². The van der Waals surface area contributed by atoms with Crippen molar-refractivity contribution in [2.24, 2.45) is 0 Å². The number of piperazine rings is 1. The highest BCUT2D eigenvalue weighted by atomic mass is 19.1. The van der Waals surface area contributed by atoms with Gasteiger partial charge in [0.05, 0.1) is 23.0 Å². The largest absolute Gasteiger partial charge is 0.467 e. The summed E-state index contributed by atoms with van der Waals surface area (Å²) in [7, 11) is 1.45. The summed E-state index contributed by atoms with van der Waals surface area (Å²) in [5.41, 5.74) is -0.695. The van der Waals surface area contributed by atoms with Crippen LogP contribution in [0.5, 0.6) is 11.8 Å². The summed E-state index contributed by atoms with van der Waals surface area (Å²) in [6.07, 6.45) is 3.89. The maximum Gasteiger partial charge on any atom is 0.410 e. The second kappa shape index (κ2) is 13.6. The van der Waals surface area contributed by atoms with Crippen molar-refractivity contribution < 1.29 is 36.9 Å². The summed E-state index contributed by atoms with van der Waals surface area (Å²) in [5, 5.41) is 0.359. The number of hydrogen-bond donors (Lipinski definition) is 0. The van der Waals surface area contributed by atoms with Gasteiger partial charge in [-0.2, -0.15) is 9.97 Å². The molecule has 4 atom stereocenters. The zero-order valence-corrected chi connectivity index (χ0v) is 30.2. The lowest BCUT2D eigenvalue weighted by molar-refractivity contribution is 0.0122.